The summed E-state index contributed by atoms with van der Waals surface area (Å²) in [6, 6.07) is 0. The summed E-state index contributed by atoms with van der Waals surface area (Å²) in [5.74, 6) is -0.970. The fraction of sp³-hybridized carbons (Fsp3) is 0.556. The van der Waals surface area contributed by atoms with Gasteiger partial charge in [-0.2, -0.15) is 0 Å². The van der Waals surface area contributed by atoms with Gasteiger partial charge in [0.05, 0.1) is 22.3 Å². The van der Waals surface area contributed by atoms with E-state index < -0.39 is 20.0 Å². The molecule has 0 heterocycles. The average Bonchev–Trinajstić information content (AvgIpc) is 2.10. The molecule has 0 aliphatic rings. The number of carbonyl (C=O) groups is 2. The zero-order chi connectivity index (χ0) is 11.4. The predicted octanol–water partition coefficient (Wildman–Crippen LogP) is 1.14. The summed E-state index contributed by atoms with van der Waals surface area (Å²) >= 11 is 0. The van der Waals surface area contributed by atoms with E-state index in [0.29, 0.717) is 5.20 Å². The van der Waals surface area contributed by atoms with Crippen LogP contribution in [0.2, 0.25) is 19.6 Å². The van der Waals surface area contributed by atoms with Gasteiger partial charge in [-0.3, -0.25) is 0 Å². The van der Waals surface area contributed by atoms with E-state index in [4.69, 9.17) is 0 Å². The number of ether oxygens (including phenoxy) is 2. The van der Waals surface area contributed by atoms with Crippen molar-refractivity contribution in [2.24, 2.45) is 0 Å². The quantitative estimate of drug-likeness (QED) is 0.403. The molecule has 0 bridgehead atoms. The molecular formula is C9H16O4Si. The molecule has 0 aliphatic carbocycles. The average molecular weight is 216 g/mol. The summed E-state index contributed by atoms with van der Waals surface area (Å²) in [4.78, 5) is 22.4. The maximum Gasteiger partial charge on any atom is 0.330 e. The molecule has 0 aromatic heterocycles. The van der Waals surface area contributed by atoms with E-state index in [-0.39, 0.29) is 0 Å². The molecule has 14 heavy (non-hydrogen) atoms. The predicted molar refractivity (Wildman–Crippen MR) is 55.5 cm³/mol. The van der Waals surface area contributed by atoms with Gasteiger partial charge < -0.3 is 9.47 Å². The lowest BCUT2D eigenvalue weighted by molar-refractivity contribution is -0.138. The van der Waals surface area contributed by atoms with Gasteiger partial charge in [-0.1, -0.05) is 19.6 Å². The summed E-state index contributed by atoms with van der Waals surface area (Å²) in [6.07, 6.45) is 1.22. The molecule has 0 radical (unpaired) electrons. The van der Waals surface area contributed by atoms with E-state index in [2.05, 4.69) is 9.47 Å². The highest BCUT2D eigenvalue weighted by molar-refractivity contribution is 6.87. The zero-order valence-corrected chi connectivity index (χ0v) is 10.2. The van der Waals surface area contributed by atoms with E-state index in [9.17, 15) is 9.59 Å². The first kappa shape index (κ1) is 12.9. The monoisotopic (exact) mass is 216 g/mol. The Hall–Kier alpha value is -1.10. The number of esters is 2. The molecule has 4 nitrogen and oxygen atoms in total. The SMILES string of the molecule is COC(=O)/C=C(\C(=O)OC)[Si](C)(C)C. The van der Waals surface area contributed by atoms with Crippen molar-refractivity contribution in [3.63, 3.8) is 0 Å². The van der Waals surface area contributed by atoms with Crippen molar-refractivity contribution in [1.29, 1.82) is 0 Å². The fourth-order valence-corrected chi connectivity index (χ4v) is 2.13. The minimum Gasteiger partial charge on any atom is -0.466 e. The largest absolute Gasteiger partial charge is 0.466 e. The van der Waals surface area contributed by atoms with E-state index in [0.717, 1.165) is 0 Å². The van der Waals surface area contributed by atoms with Crippen LogP contribution in [-0.4, -0.2) is 34.2 Å². The van der Waals surface area contributed by atoms with Crippen LogP contribution in [0.5, 0.6) is 0 Å². The van der Waals surface area contributed by atoms with Gasteiger partial charge in [0.25, 0.3) is 0 Å². The van der Waals surface area contributed by atoms with Gasteiger partial charge in [0.1, 0.15) is 0 Å². The highest BCUT2D eigenvalue weighted by Gasteiger charge is 2.27. The number of hydrogen-bond donors (Lipinski definition) is 0. The Bertz CT molecular complexity index is 262. The lowest BCUT2D eigenvalue weighted by Crippen LogP contribution is -2.31. The van der Waals surface area contributed by atoms with Crippen molar-refractivity contribution < 1.29 is 19.1 Å². The molecule has 0 aromatic rings. The summed E-state index contributed by atoms with van der Waals surface area (Å²) in [7, 11) is 0.711. The topological polar surface area (TPSA) is 52.6 Å². The Morgan fingerprint density at radius 2 is 1.57 bits per heavy atom. The first-order chi connectivity index (χ1) is 6.32. The van der Waals surface area contributed by atoms with E-state index in [1.54, 1.807) is 0 Å². The fourth-order valence-electron chi connectivity index (χ4n) is 0.868. The van der Waals surface area contributed by atoms with Gasteiger partial charge >= 0.3 is 11.9 Å². The van der Waals surface area contributed by atoms with Crippen LogP contribution in [0.15, 0.2) is 11.3 Å². The van der Waals surface area contributed by atoms with Crippen molar-refractivity contribution in [3.8, 4) is 0 Å². The van der Waals surface area contributed by atoms with Crippen LogP contribution < -0.4 is 0 Å². The van der Waals surface area contributed by atoms with Crippen molar-refractivity contribution >= 4 is 20.0 Å². The second-order valence-corrected chi connectivity index (χ2v) is 8.86. The molecule has 0 fully saturated rings. The number of hydrogen-bond acceptors (Lipinski definition) is 4. The van der Waals surface area contributed by atoms with Crippen molar-refractivity contribution in [3.05, 3.63) is 11.3 Å². The number of rotatable bonds is 3. The third kappa shape index (κ3) is 3.74. The first-order valence-electron chi connectivity index (χ1n) is 4.21. The van der Waals surface area contributed by atoms with Gasteiger partial charge in [0.2, 0.25) is 0 Å². The smallest absolute Gasteiger partial charge is 0.330 e. The Morgan fingerprint density at radius 3 is 1.86 bits per heavy atom. The van der Waals surface area contributed by atoms with Crippen molar-refractivity contribution in [1.82, 2.24) is 0 Å². The third-order valence-electron chi connectivity index (χ3n) is 1.68. The highest BCUT2D eigenvalue weighted by Crippen LogP contribution is 2.15. The van der Waals surface area contributed by atoms with Crippen LogP contribution in [0, 0.1) is 0 Å². The molecule has 0 atom stereocenters. The van der Waals surface area contributed by atoms with Crippen LogP contribution in [-0.2, 0) is 19.1 Å². The van der Waals surface area contributed by atoms with Crippen LogP contribution in [0.25, 0.3) is 0 Å². The van der Waals surface area contributed by atoms with Crippen LogP contribution in [0.1, 0.15) is 0 Å². The van der Waals surface area contributed by atoms with Crippen LogP contribution >= 0.6 is 0 Å². The van der Waals surface area contributed by atoms with E-state index in [1.165, 1.54) is 20.3 Å². The molecule has 0 spiro atoms. The Labute approximate surface area is 84.9 Å². The molecule has 5 heteroatoms. The second-order valence-electron chi connectivity index (χ2n) is 3.82. The molecule has 0 unspecified atom stereocenters. The molecule has 0 saturated heterocycles. The molecule has 0 amide bonds. The normalized spacial score (nSPS) is 12.2. The molecule has 80 valence electrons. The number of carbonyl (C=O) groups excluding carboxylic acids is 2. The maximum atomic E-state index is 11.3. The molecule has 0 rings (SSSR count). The highest BCUT2D eigenvalue weighted by atomic mass is 28.3. The molecular weight excluding hydrogens is 200 g/mol. The summed E-state index contributed by atoms with van der Waals surface area (Å²) < 4.78 is 9.07. The minimum atomic E-state index is -1.86. The molecule has 0 aromatic carbocycles. The van der Waals surface area contributed by atoms with Crippen LogP contribution in [0.4, 0.5) is 0 Å². The first-order valence-corrected chi connectivity index (χ1v) is 7.71. The molecule has 0 aliphatic heterocycles. The zero-order valence-electron chi connectivity index (χ0n) is 9.21. The standard InChI is InChI=1S/C9H16O4Si/c1-12-8(10)6-7(9(11)13-2)14(3,4)5/h6H,1-5H3/b7-6+. The van der Waals surface area contributed by atoms with Crippen LogP contribution in [0.3, 0.4) is 0 Å². The Morgan fingerprint density at radius 1 is 1.07 bits per heavy atom. The molecule has 0 saturated carbocycles. The third-order valence-corrected chi connectivity index (χ3v) is 3.64. The maximum absolute atomic E-state index is 11.3. The summed E-state index contributed by atoms with van der Waals surface area (Å²) in [5, 5.41) is 0.437. The Kier molecular flexibility index (Phi) is 4.56. The lowest BCUT2D eigenvalue weighted by atomic mass is 10.5. The van der Waals surface area contributed by atoms with Gasteiger partial charge in [-0.15, -0.1) is 0 Å². The van der Waals surface area contributed by atoms with Gasteiger partial charge in [-0.05, 0) is 0 Å². The second kappa shape index (κ2) is 4.95. The van der Waals surface area contributed by atoms with Gasteiger partial charge in [-0.25, -0.2) is 9.59 Å². The van der Waals surface area contributed by atoms with E-state index >= 15 is 0 Å². The Balaban J connectivity index is 5.02. The van der Waals surface area contributed by atoms with Gasteiger partial charge in [0.15, 0.2) is 0 Å². The minimum absolute atomic E-state index is 0.437. The lowest BCUT2D eigenvalue weighted by Gasteiger charge is -2.17. The summed E-state index contributed by atoms with van der Waals surface area (Å²) in [6.45, 7) is 5.87. The van der Waals surface area contributed by atoms with E-state index in [1.807, 2.05) is 19.6 Å². The van der Waals surface area contributed by atoms with Crippen molar-refractivity contribution in [2.75, 3.05) is 14.2 Å². The number of methoxy groups -OCH3 is 2. The van der Waals surface area contributed by atoms with Gasteiger partial charge in [0, 0.05) is 11.3 Å². The summed E-state index contributed by atoms with van der Waals surface area (Å²) in [5.41, 5.74) is 0. The van der Waals surface area contributed by atoms with Crippen molar-refractivity contribution in [2.45, 2.75) is 19.6 Å². The molecule has 0 N–H and O–H groups in total.